The number of aromatic hydroxyl groups is 4. The Hall–Kier alpha value is -14.5. The number of aliphatic hydroxyl groups is 4. The summed E-state index contributed by atoms with van der Waals surface area (Å²) in [6.45, 7) is 0. The highest BCUT2D eigenvalue weighted by molar-refractivity contribution is 6.34. The zero-order valence-electron chi connectivity index (χ0n) is 61.8. The first kappa shape index (κ1) is 64.1. The molecule has 8 N–H and O–H groups in total. The van der Waals surface area contributed by atoms with E-state index in [1.807, 2.05) is 206 Å². The predicted octanol–water partition coefficient (Wildman–Crippen LogP) is 24.0. The number of phenolic OH excluding ortho intramolecular Hbond substituents is 4. The molecule has 0 spiro atoms. The van der Waals surface area contributed by atoms with Crippen molar-refractivity contribution in [2.24, 2.45) is 0 Å². The highest BCUT2D eigenvalue weighted by Gasteiger charge is 2.52. The van der Waals surface area contributed by atoms with Crippen LogP contribution in [-0.2, 0) is 22.4 Å². The summed E-state index contributed by atoms with van der Waals surface area (Å²) in [6, 6.07) is 109. The number of phenols is 4. The zero-order chi connectivity index (χ0) is 77.1. The normalized spacial score (nSPS) is 16.6. The van der Waals surface area contributed by atoms with Gasteiger partial charge < -0.3 is 40.9 Å². The van der Waals surface area contributed by atoms with Crippen molar-refractivity contribution in [3.8, 4) is 67.5 Å². The van der Waals surface area contributed by atoms with Crippen molar-refractivity contribution in [2.45, 2.75) is 22.4 Å². The fraction of sp³-hybridized carbons (Fsp3) is 0.0370. The smallest absolute Gasteiger partial charge is 0.141 e. The minimum absolute atomic E-state index is 0.0165. The molecule has 0 fully saturated rings. The van der Waals surface area contributed by atoms with E-state index in [-0.39, 0.29) is 23.0 Å². The van der Waals surface area contributed by atoms with Crippen LogP contribution in [0.25, 0.3) is 185 Å². The maximum atomic E-state index is 14.6. The number of fused-ring (bicyclic) bond motifs is 9. The molecule has 542 valence electrons. The van der Waals surface area contributed by atoms with Crippen molar-refractivity contribution in [1.82, 2.24) is 0 Å². The van der Waals surface area contributed by atoms with E-state index in [1.54, 1.807) is 24.3 Å². The van der Waals surface area contributed by atoms with Gasteiger partial charge in [0, 0.05) is 55.6 Å². The van der Waals surface area contributed by atoms with Crippen molar-refractivity contribution in [2.75, 3.05) is 0 Å². The van der Waals surface area contributed by atoms with Gasteiger partial charge in [0.15, 0.2) is 0 Å². The van der Waals surface area contributed by atoms with E-state index < -0.39 is 22.4 Å². The summed E-state index contributed by atoms with van der Waals surface area (Å²) >= 11 is 0. The van der Waals surface area contributed by atoms with Crippen LogP contribution in [0.5, 0.6) is 23.0 Å². The Balaban J connectivity index is 0.609. The average Bonchev–Trinajstić information content (AvgIpc) is 1.09. The number of benzene rings is 23. The van der Waals surface area contributed by atoms with Crippen LogP contribution in [0.4, 0.5) is 0 Å². The van der Waals surface area contributed by atoms with Crippen LogP contribution in [0.3, 0.4) is 0 Å². The maximum Gasteiger partial charge on any atom is 0.141 e. The molecule has 23 aromatic carbocycles. The van der Waals surface area contributed by atoms with Gasteiger partial charge in [0.2, 0.25) is 0 Å². The molecule has 116 heavy (non-hydrogen) atoms. The zero-order valence-corrected chi connectivity index (χ0v) is 61.8. The first-order valence-electron chi connectivity index (χ1n) is 39.4. The minimum atomic E-state index is -1.85. The van der Waals surface area contributed by atoms with E-state index >= 15 is 0 Å². The van der Waals surface area contributed by atoms with Gasteiger partial charge in [-0.2, -0.15) is 0 Å². The molecule has 0 heterocycles. The Morgan fingerprint density at radius 1 is 0.155 bits per heavy atom. The topological polar surface area (TPSA) is 162 Å². The quantitative estimate of drug-likeness (QED) is 0.0764. The average molecular weight is 1490 g/mol. The van der Waals surface area contributed by atoms with Crippen LogP contribution in [0, 0.1) is 0 Å². The summed E-state index contributed by atoms with van der Waals surface area (Å²) in [5.74, 6) is 0.0798. The van der Waals surface area contributed by atoms with Crippen molar-refractivity contribution in [3.63, 3.8) is 0 Å². The van der Waals surface area contributed by atoms with Crippen LogP contribution in [0.15, 0.2) is 328 Å². The number of hydrogen-bond acceptors (Lipinski definition) is 8. The molecule has 26 rings (SSSR count). The van der Waals surface area contributed by atoms with Crippen LogP contribution in [0.2, 0.25) is 0 Å². The van der Waals surface area contributed by atoms with Crippen LogP contribution >= 0.6 is 0 Å². The van der Waals surface area contributed by atoms with Gasteiger partial charge in [-0.05, 0) is 281 Å². The molecule has 0 radical (unpaired) electrons. The largest absolute Gasteiger partial charge is 0.507 e. The molecular formula is C108H62O8. The van der Waals surface area contributed by atoms with Gasteiger partial charge in [0.1, 0.15) is 45.4 Å². The molecule has 0 saturated heterocycles. The van der Waals surface area contributed by atoms with Crippen molar-refractivity contribution >= 4 is 140 Å². The summed E-state index contributed by atoms with van der Waals surface area (Å²) in [6.07, 6.45) is 0. The lowest BCUT2D eigenvalue weighted by Crippen LogP contribution is -2.44. The molecule has 8 heteroatoms. The first-order valence-corrected chi connectivity index (χ1v) is 39.4. The standard InChI is InChI=1S/C108H62O8/c109-89-51-65-29-25-57-41-69(105(113)81-19-7-3-15-73(81)74-16-4-8-20-82(74)105)45-61-33-37-77(97(65)93(57)61)101(89)103-79-39-35-63-47-71(43-59-27-31-67(53-91(103)111)99(79)95(59)63)107(115)85-23-11-12-24-86(85)108(116,88-50-56-14-2-1-13-55(56)49-87(88)107)72-44-60-28-32-68-54-92(112)104(80-40-36-64(48-72)96(60)100(68)80)102-78-38-34-62-46-70(42-58-26-30-66(52-90(102)110)98(78)94(58)62)106(114)83-21-9-5-17-75(83)76-18-6-10-22-84(76)106/h1-54,109-116H. The van der Waals surface area contributed by atoms with Crippen LogP contribution in [-0.4, -0.2) is 40.9 Å². The number of rotatable bonds is 6. The van der Waals surface area contributed by atoms with Gasteiger partial charge in [-0.15, -0.1) is 0 Å². The molecule has 23 aromatic rings. The Kier molecular flexibility index (Phi) is 12.1. The van der Waals surface area contributed by atoms with Gasteiger partial charge in [-0.1, -0.05) is 243 Å². The van der Waals surface area contributed by atoms with Gasteiger partial charge >= 0.3 is 0 Å². The highest BCUT2D eigenvalue weighted by Crippen LogP contribution is 2.61. The summed E-state index contributed by atoms with van der Waals surface area (Å²) < 4.78 is 0. The van der Waals surface area contributed by atoms with E-state index in [0.717, 1.165) is 196 Å². The molecule has 2 atom stereocenters. The predicted molar refractivity (Wildman–Crippen MR) is 468 cm³/mol. The van der Waals surface area contributed by atoms with Crippen molar-refractivity contribution < 1.29 is 40.9 Å². The summed E-state index contributed by atoms with van der Waals surface area (Å²) in [7, 11) is 0. The third-order valence-corrected chi connectivity index (χ3v) is 27.2. The molecular weight excluding hydrogens is 1430 g/mol. The summed E-state index contributed by atoms with van der Waals surface area (Å²) in [5, 5.41) is 128. The van der Waals surface area contributed by atoms with Crippen LogP contribution in [0.1, 0.15) is 66.8 Å². The second-order valence-corrected chi connectivity index (χ2v) is 32.7. The number of hydrogen-bond donors (Lipinski definition) is 8. The third kappa shape index (κ3) is 7.82. The molecule has 3 aliphatic carbocycles. The Bertz CT molecular complexity index is 7770. The summed E-state index contributed by atoms with van der Waals surface area (Å²) in [5.41, 5.74) is 7.63. The van der Waals surface area contributed by atoms with E-state index in [2.05, 4.69) is 97.1 Å². The van der Waals surface area contributed by atoms with Gasteiger partial charge in [0.05, 0.1) is 0 Å². The maximum absolute atomic E-state index is 14.6. The highest BCUT2D eigenvalue weighted by atomic mass is 16.3. The third-order valence-electron chi connectivity index (χ3n) is 27.2. The lowest BCUT2D eigenvalue weighted by atomic mass is 9.62. The van der Waals surface area contributed by atoms with E-state index in [0.29, 0.717) is 55.6 Å². The second kappa shape index (κ2) is 21.8. The van der Waals surface area contributed by atoms with Gasteiger partial charge in [-0.3, -0.25) is 0 Å². The van der Waals surface area contributed by atoms with E-state index in [9.17, 15) is 40.9 Å². The molecule has 0 aliphatic heterocycles. The molecule has 0 saturated carbocycles. The Morgan fingerprint density at radius 3 is 0.586 bits per heavy atom. The lowest BCUT2D eigenvalue weighted by molar-refractivity contribution is 0.0753. The van der Waals surface area contributed by atoms with Crippen molar-refractivity contribution in [1.29, 1.82) is 0 Å². The lowest BCUT2D eigenvalue weighted by Gasteiger charge is -2.45. The molecule has 0 bridgehead atoms. The second-order valence-electron chi connectivity index (χ2n) is 32.7. The summed E-state index contributed by atoms with van der Waals surface area (Å²) in [4.78, 5) is 0. The van der Waals surface area contributed by atoms with Crippen LogP contribution < -0.4 is 0 Å². The monoisotopic (exact) mass is 1490 g/mol. The SMILES string of the molecule is Oc1cc2ccc3cc(C4(O)c5ccccc5-c5ccccc54)cc4ccc(c1-c1c(O)cc5ccc6cc(C7(O)c8ccccc8C(O)(c8cc9ccc%10cc(O)c(-c%11c(O)cc%12ccc%13cc(C%14(O)c%15ccccc%15-c%15ccccc%15%14)cc%14ccc%11c%12c%13%14)c%11ccc(c8)c9c%10%11)c8cc9ccccc9cc87)cc7ccc1c5c67)c2c34. The fourth-order valence-corrected chi connectivity index (χ4v) is 22.3. The molecule has 0 aromatic heterocycles. The first-order chi connectivity index (χ1) is 56.6. The van der Waals surface area contributed by atoms with E-state index in [4.69, 9.17) is 0 Å². The fourth-order valence-electron chi connectivity index (χ4n) is 22.3. The van der Waals surface area contributed by atoms with Crippen molar-refractivity contribution in [3.05, 3.63) is 394 Å². The molecule has 2 unspecified atom stereocenters. The van der Waals surface area contributed by atoms with Gasteiger partial charge in [-0.25, -0.2) is 0 Å². The molecule has 8 nitrogen and oxygen atoms in total. The Labute approximate surface area is 661 Å². The molecule has 3 aliphatic rings. The minimum Gasteiger partial charge on any atom is -0.507 e. The molecule has 0 amide bonds. The Morgan fingerprint density at radius 2 is 0.345 bits per heavy atom. The van der Waals surface area contributed by atoms with Gasteiger partial charge in [0.25, 0.3) is 0 Å². The van der Waals surface area contributed by atoms with E-state index in [1.165, 1.54) is 0 Å².